The second kappa shape index (κ2) is 7.81. The Balaban J connectivity index is 1.34. The number of benzene rings is 1. The second-order valence-electron chi connectivity index (χ2n) is 7.99. The van der Waals surface area contributed by atoms with Crippen molar-refractivity contribution in [1.82, 2.24) is 20.4 Å². The monoisotopic (exact) mass is 384 g/mol. The van der Waals surface area contributed by atoms with Gasteiger partial charge in [-0.3, -0.25) is 9.67 Å². The highest BCUT2D eigenvalue weighted by Crippen LogP contribution is 2.48. The van der Waals surface area contributed by atoms with Gasteiger partial charge in [0.05, 0.1) is 11.9 Å². The van der Waals surface area contributed by atoms with Gasteiger partial charge >= 0.3 is 0 Å². The topological polar surface area (TPSA) is 57.5 Å². The number of halogens is 1. The van der Waals surface area contributed by atoms with Gasteiger partial charge in [0.15, 0.2) is 5.96 Å². The first kappa shape index (κ1) is 18.8. The number of rotatable bonds is 5. The molecule has 0 spiro atoms. The highest BCUT2D eigenvalue weighted by atomic mass is 19.1. The van der Waals surface area contributed by atoms with Gasteiger partial charge in [-0.25, -0.2) is 4.39 Å². The number of guanidine groups is 1. The molecule has 1 aliphatic carbocycles. The molecule has 6 nitrogen and oxygen atoms in total. The number of hydrogen-bond donors (Lipinski definition) is 2. The molecule has 4 rings (SSSR count). The molecule has 2 fully saturated rings. The number of piperidine rings is 1. The molecule has 7 heteroatoms. The molecule has 1 saturated carbocycles. The molecule has 2 aromatic rings. The third-order valence-electron chi connectivity index (χ3n) is 5.94. The molecule has 1 aromatic carbocycles. The maximum absolute atomic E-state index is 14.2. The van der Waals surface area contributed by atoms with Crippen LogP contribution < -0.4 is 15.5 Å². The highest BCUT2D eigenvalue weighted by Gasteiger charge is 2.45. The van der Waals surface area contributed by atoms with E-state index in [9.17, 15) is 4.39 Å². The summed E-state index contributed by atoms with van der Waals surface area (Å²) in [5.41, 5.74) is 1.88. The molecule has 1 saturated heterocycles. The summed E-state index contributed by atoms with van der Waals surface area (Å²) in [7, 11) is 3.73. The summed E-state index contributed by atoms with van der Waals surface area (Å²) in [6, 6.07) is 7.45. The first-order chi connectivity index (χ1) is 13.6. The average Bonchev–Trinajstić information content (AvgIpc) is 3.37. The Morgan fingerprint density at radius 3 is 2.86 bits per heavy atom. The van der Waals surface area contributed by atoms with Crippen molar-refractivity contribution in [2.75, 3.05) is 31.6 Å². The normalized spacial score (nSPS) is 21.5. The van der Waals surface area contributed by atoms with Crippen LogP contribution in [0.4, 0.5) is 10.1 Å². The van der Waals surface area contributed by atoms with Crippen LogP contribution in [0, 0.1) is 5.82 Å². The zero-order chi connectivity index (χ0) is 19.6. The second-order valence-corrected chi connectivity index (χ2v) is 7.99. The zero-order valence-corrected chi connectivity index (χ0v) is 16.7. The molecule has 1 aromatic heterocycles. The summed E-state index contributed by atoms with van der Waals surface area (Å²) in [4.78, 5) is 6.76. The lowest BCUT2D eigenvalue weighted by Crippen LogP contribution is -2.52. The number of hydrogen-bond acceptors (Lipinski definition) is 3. The van der Waals surface area contributed by atoms with Gasteiger partial charge in [0.1, 0.15) is 5.82 Å². The van der Waals surface area contributed by atoms with Gasteiger partial charge in [0, 0.05) is 51.4 Å². The third kappa shape index (κ3) is 3.98. The minimum absolute atomic E-state index is 0.0999. The predicted octanol–water partition coefficient (Wildman–Crippen LogP) is 2.42. The Bertz CT molecular complexity index is 841. The fourth-order valence-corrected chi connectivity index (χ4v) is 4.13. The van der Waals surface area contributed by atoms with Crippen molar-refractivity contribution in [3.8, 4) is 0 Å². The fourth-order valence-electron chi connectivity index (χ4n) is 4.13. The molecule has 2 N–H and O–H groups in total. The SMILES string of the molecule is CN=C(NCC1(c2ccccc2F)CC1)NC1CCCN(c2cnn(C)c2)C1. The van der Waals surface area contributed by atoms with Crippen molar-refractivity contribution in [2.24, 2.45) is 12.0 Å². The Morgan fingerprint density at radius 2 is 2.18 bits per heavy atom. The van der Waals surface area contributed by atoms with Crippen LogP contribution in [0.25, 0.3) is 0 Å². The maximum atomic E-state index is 14.2. The molecule has 28 heavy (non-hydrogen) atoms. The first-order valence-electron chi connectivity index (χ1n) is 10.1. The summed E-state index contributed by atoms with van der Waals surface area (Å²) in [6.45, 7) is 2.67. The molecule has 150 valence electrons. The summed E-state index contributed by atoms with van der Waals surface area (Å²) in [5, 5.41) is 11.3. The Hall–Kier alpha value is -2.57. The number of aromatic nitrogens is 2. The van der Waals surface area contributed by atoms with E-state index in [0.29, 0.717) is 12.6 Å². The lowest BCUT2D eigenvalue weighted by molar-refractivity contribution is 0.466. The quantitative estimate of drug-likeness (QED) is 0.614. The van der Waals surface area contributed by atoms with E-state index in [2.05, 4.69) is 31.8 Å². The van der Waals surface area contributed by atoms with Crippen LogP contribution in [-0.4, -0.2) is 48.5 Å². The zero-order valence-electron chi connectivity index (χ0n) is 16.7. The van der Waals surface area contributed by atoms with Gasteiger partial charge in [0.2, 0.25) is 0 Å². The van der Waals surface area contributed by atoms with Crippen LogP contribution in [0.3, 0.4) is 0 Å². The number of nitrogens with one attached hydrogen (secondary N) is 2. The number of nitrogens with zero attached hydrogens (tertiary/aromatic N) is 4. The predicted molar refractivity (Wildman–Crippen MR) is 110 cm³/mol. The van der Waals surface area contributed by atoms with E-state index < -0.39 is 0 Å². The fraction of sp³-hybridized carbons (Fsp3) is 0.524. The maximum Gasteiger partial charge on any atom is 0.191 e. The molecule has 1 atom stereocenters. The van der Waals surface area contributed by atoms with Crippen molar-refractivity contribution in [1.29, 1.82) is 0 Å². The van der Waals surface area contributed by atoms with E-state index in [-0.39, 0.29) is 11.2 Å². The van der Waals surface area contributed by atoms with Gasteiger partial charge in [-0.1, -0.05) is 18.2 Å². The molecule has 1 aliphatic heterocycles. The van der Waals surface area contributed by atoms with Gasteiger partial charge < -0.3 is 15.5 Å². The van der Waals surface area contributed by atoms with Gasteiger partial charge in [0.25, 0.3) is 0 Å². The van der Waals surface area contributed by atoms with Crippen LogP contribution in [0.5, 0.6) is 0 Å². The molecular formula is C21H29FN6. The highest BCUT2D eigenvalue weighted by molar-refractivity contribution is 5.80. The van der Waals surface area contributed by atoms with Crippen molar-refractivity contribution in [3.63, 3.8) is 0 Å². The smallest absolute Gasteiger partial charge is 0.191 e. The third-order valence-corrected chi connectivity index (χ3v) is 5.94. The van der Waals surface area contributed by atoms with Gasteiger partial charge in [-0.2, -0.15) is 5.10 Å². The Morgan fingerprint density at radius 1 is 1.36 bits per heavy atom. The lowest BCUT2D eigenvalue weighted by atomic mass is 9.95. The molecule has 2 heterocycles. The van der Waals surface area contributed by atoms with Gasteiger partial charge in [-0.15, -0.1) is 0 Å². The van der Waals surface area contributed by atoms with Crippen LogP contribution >= 0.6 is 0 Å². The number of aliphatic imine (C=N–C) groups is 1. The van der Waals surface area contributed by atoms with E-state index in [4.69, 9.17) is 0 Å². The van der Waals surface area contributed by atoms with Gasteiger partial charge in [-0.05, 0) is 37.3 Å². The summed E-state index contributed by atoms with van der Waals surface area (Å²) in [6.07, 6.45) is 8.23. The molecule has 0 radical (unpaired) electrons. The standard InChI is InChI=1S/C21H29FN6/c1-23-20(24-15-21(9-10-21)18-7-3-4-8-19(18)22)26-16-6-5-11-28(13-16)17-12-25-27(2)14-17/h3-4,7-8,12,14,16H,5-6,9-11,13,15H2,1-2H3,(H2,23,24,26). The largest absolute Gasteiger partial charge is 0.367 e. The Labute approximate surface area is 165 Å². The molecule has 0 amide bonds. The molecular weight excluding hydrogens is 355 g/mol. The van der Waals surface area contributed by atoms with Crippen molar-refractivity contribution in [3.05, 3.63) is 48.0 Å². The van der Waals surface area contributed by atoms with Crippen LogP contribution in [0.1, 0.15) is 31.2 Å². The van der Waals surface area contributed by atoms with Crippen molar-refractivity contribution in [2.45, 2.75) is 37.1 Å². The van der Waals surface area contributed by atoms with Crippen molar-refractivity contribution >= 4 is 11.6 Å². The van der Waals surface area contributed by atoms with E-state index in [1.54, 1.807) is 19.2 Å². The number of aryl methyl sites for hydroxylation is 1. The summed E-state index contributed by atoms with van der Waals surface area (Å²) >= 11 is 0. The first-order valence-corrected chi connectivity index (χ1v) is 10.1. The molecule has 0 bridgehead atoms. The van der Waals surface area contributed by atoms with E-state index in [1.165, 1.54) is 0 Å². The summed E-state index contributed by atoms with van der Waals surface area (Å²) in [5.74, 6) is 0.685. The molecule has 2 aliphatic rings. The van der Waals surface area contributed by atoms with Crippen molar-refractivity contribution < 1.29 is 4.39 Å². The van der Waals surface area contributed by atoms with Crippen LogP contribution in [0.15, 0.2) is 41.7 Å². The minimum atomic E-state index is -0.107. The minimum Gasteiger partial charge on any atom is -0.367 e. The number of anilines is 1. The van der Waals surface area contributed by atoms with E-state index in [1.807, 2.05) is 30.1 Å². The van der Waals surface area contributed by atoms with Crippen LogP contribution in [0.2, 0.25) is 0 Å². The van der Waals surface area contributed by atoms with Crippen LogP contribution in [-0.2, 0) is 12.5 Å². The van der Waals surface area contributed by atoms with E-state index in [0.717, 1.165) is 56.0 Å². The lowest BCUT2D eigenvalue weighted by Gasteiger charge is -2.34. The summed E-state index contributed by atoms with van der Waals surface area (Å²) < 4.78 is 16.1. The van der Waals surface area contributed by atoms with E-state index >= 15 is 0 Å². The Kier molecular flexibility index (Phi) is 5.24. The molecule has 1 unspecified atom stereocenters. The average molecular weight is 385 g/mol.